The quantitative estimate of drug-likeness (QED) is 0.755. The molecule has 1 saturated heterocycles. The predicted octanol–water partition coefficient (Wildman–Crippen LogP) is 5.18. The van der Waals surface area contributed by atoms with Crippen molar-refractivity contribution >= 4 is 10.8 Å². The average Bonchev–Trinajstić information content (AvgIpc) is 2.92. The van der Waals surface area contributed by atoms with Crippen molar-refractivity contribution in [1.82, 2.24) is 4.90 Å². The summed E-state index contributed by atoms with van der Waals surface area (Å²) in [5, 5.41) is 2.37. The van der Waals surface area contributed by atoms with Gasteiger partial charge in [-0.05, 0) is 42.1 Å². The van der Waals surface area contributed by atoms with Crippen molar-refractivity contribution in [2.45, 2.75) is 32.0 Å². The van der Waals surface area contributed by atoms with E-state index >= 15 is 0 Å². The Morgan fingerprint density at radius 1 is 1.14 bits per heavy atom. The first kappa shape index (κ1) is 15.3. The normalized spacial score (nSPS) is 21.4. The van der Waals surface area contributed by atoms with Gasteiger partial charge in [0.25, 0.3) is 0 Å². The lowest BCUT2D eigenvalue weighted by Gasteiger charge is -2.26. The molecule has 2 aromatic carbocycles. The number of rotatable bonds is 3. The molecule has 0 aromatic heterocycles. The number of hydrogen-bond donors (Lipinski definition) is 0. The van der Waals surface area contributed by atoms with Gasteiger partial charge in [-0.1, -0.05) is 42.5 Å². The maximum absolute atomic E-state index is 12.5. The van der Waals surface area contributed by atoms with Gasteiger partial charge in [-0.15, -0.1) is 0 Å². The summed E-state index contributed by atoms with van der Waals surface area (Å²) in [7, 11) is 0. The maximum Gasteiger partial charge on any atom is 0.389 e. The Kier molecular flexibility index (Phi) is 4.13. The SMILES string of the molecule is CC(c1cccc2ccccc12)N1CC[C@@H](CC(F)(F)F)C1. The van der Waals surface area contributed by atoms with Crippen LogP contribution in [0.2, 0.25) is 0 Å². The monoisotopic (exact) mass is 307 g/mol. The molecule has 1 aliphatic heterocycles. The van der Waals surface area contributed by atoms with Gasteiger partial charge in [0.15, 0.2) is 0 Å². The topological polar surface area (TPSA) is 3.24 Å². The number of fused-ring (bicyclic) bond motifs is 1. The third kappa shape index (κ3) is 3.27. The molecule has 0 radical (unpaired) electrons. The van der Waals surface area contributed by atoms with Crippen LogP contribution in [0.5, 0.6) is 0 Å². The van der Waals surface area contributed by atoms with E-state index in [0.29, 0.717) is 13.0 Å². The molecule has 0 spiro atoms. The summed E-state index contributed by atoms with van der Waals surface area (Å²) in [5.41, 5.74) is 1.20. The van der Waals surface area contributed by atoms with E-state index < -0.39 is 12.6 Å². The van der Waals surface area contributed by atoms with E-state index in [1.54, 1.807) is 0 Å². The maximum atomic E-state index is 12.5. The third-order valence-corrected chi connectivity index (χ3v) is 4.66. The minimum absolute atomic E-state index is 0.143. The van der Waals surface area contributed by atoms with Crippen molar-refractivity contribution in [2.75, 3.05) is 13.1 Å². The van der Waals surface area contributed by atoms with Crippen LogP contribution < -0.4 is 0 Å². The van der Waals surface area contributed by atoms with Crippen LogP contribution in [0.3, 0.4) is 0 Å². The number of halogens is 3. The zero-order valence-electron chi connectivity index (χ0n) is 12.6. The van der Waals surface area contributed by atoms with Crippen LogP contribution in [0, 0.1) is 5.92 Å². The minimum atomic E-state index is -4.05. The van der Waals surface area contributed by atoms with Gasteiger partial charge in [0.2, 0.25) is 0 Å². The fraction of sp³-hybridized carbons (Fsp3) is 0.444. The van der Waals surface area contributed by atoms with E-state index in [2.05, 4.69) is 36.1 Å². The summed E-state index contributed by atoms with van der Waals surface area (Å²) in [6.07, 6.45) is -4.08. The van der Waals surface area contributed by atoms with Crippen LogP contribution in [-0.2, 0) is 0 Å². The lowest BCUT2D eigenvalue weighted by molar-refractivity contribution is -0.143. The number of benzene rings is 2. The molecule has 0 saturated carbocycles. The molecule has 2 atom stereocenters. The average molecular weight is 307 g/mol. The Morgan fingerprint density at radius 2 is 1.86 bits per heavy atom. The van der Waals surface area contributed by atoms with Crippen LogP contribution >= 0.6 is 0 Å². The molecular formula is C18H20F3N. The second-order valence-electron chi connectivity index (χ2n) is 6.21. The van der Waals surface area contributed by atoms with Crippen LogP contribution in [-0.4, -0.2) is 24.2 Å². The van der Waals surface area contributed by atoms with Gasteiger partial charge in [0.05, 0.1) is 0 Å². The number of alkyl halides is 3. The number of nitrogens with zero attached hydrogens (tertiary/aromatic N) is 1. The van der Waals surface area contributed by atoms with E-state index in [9.17, 15) is 13.2 Å². The lowest BCUT2D eigenvalue weighted by Crippen LogP contribution is -2.25. The van der Waals surface area contributed by atoms with E-state index in [1.807, 2.05) is 18.2 Å². The molecule has 1 heterocycles. The summed E-state index contributed by atoms with van der Waals surface area (Å²) in [4.78, 5) is 2.18. The molecular weight excluding hydrogens is 287 g/mol. The summed E-state index contributed by atoms with van der Waals surface area (Å²) in [6, 6.07) is 14.5. The van der Waals surface area contributed by atoms with Gasteiger partial charge in [-0.2, -0.15) is 13.2 Å². The number of likely N-dealkylation sites (tertiary alicyclic amines) is 1. The summed E-state index contributed by atoms with van der Waals surface area (Å²) in [6.45, 7) is 3.37. The molecule has 1 nitrogen and oxygen atoms in total. The Bertz CT molecular complexity index is 645. The Balaban J connectivity index is 1.78. The standard InChI is InChI=1S/C18H20F3N/c1-13(22-10-9-14(12-22)11-18(19,20)21)16-8-4-6-15-5-2-3-7-17(15)16/h2-8,13-14H,9-12H2,1H3/t13?,14-/m0/s1. The Hall–Kier alpha value is -1.55. The predicted molar refractivity (Wildman–Crippen MR) is 82.7 cm³/mol. The first-order valence-electron chi connectivity index (χ1n) is 7.72. The molecule has 0 amide bonds. The van der Waals surface area contributed by atoms with Gasteiger partial charge in [-0.25, -0.2) is 0 Å². The van der Waals surface area contributed by atoms with Crippen LogP contribution in [0.1, 0.15) is 31.4 Å². The fourth-order valence-corrected chi connectivity index (χ4v) is 3.52. The third-order valence-electron chi connectivity index (χ3n) is 4.66. The minimum Gasteiger partial charge on any atom is -0.296 e. The molecule has 22 heavy (non-hydrogen) atoms. The molecule has 1 unspecified atom stereocenters. The molecule has 2 aromatic rings. The summed E-state index contributed by atoms with van der Waals surface area (Å²) < 4.78 is 37.6. The van der Waals surface area contributed by atoms with Gasteiger partial charge in [-0.3, -0.25) is 4.90 Å². The van der Waals surface area contributed by atoms with Crippen molar-refractivity contribution in [3.8, 4) is 0 Å². The molecule has 0 bridgehead atoms. The van der Waals surface area contributed by atoms with Crippen LogP contribution in [0.15, 0.2) is 42.5 Å². The molecule has 0 aliphatic carbocycles. The molecule has 1 aliphatic rings. The highest BCUT2D eigenvalue weighted by molar-refractivity contribution is 5.86. The Morgan fingerprint density at radius 3 is 2.64 bits per heavy atom. The molecule has 1 fully saturated rings. The zero-order valence-corrected chi connectivity index (χ0v) is 12.6. The van der Waals surface area contributed by atoms with E-state index in [0.717, 1.165) is 6.54 Å². The van der Waals surface area contributed by atoms with Crippen molar-refractivity contribution in [3.05, 3.63) is 48.0 Å². The van der Waals surface area contributed by atoms with E-state index in [4.69, 9.17) is 0 Å². The van der Waals surface area contributed by atoms with Gasteiger partial charge < -0.3 is 0 Å². The van der Waals surface area contributed by atoms with Crippen molar-refractivity contribution < 1.29 is 13.2 Å². The van der Waals surface area contributed by atoms with E-state index in [1.165, 1.54) is 16.3 Å². The van der Waals surface area contributed by atoms with Gasteiger partial charge in [0, 0.05) is 19.0 Å². The first-order chi connectivity index (χ1) is 10.4. The van der Waals surface area contributed by atoms with Crippen molar-refractivity contribution in [1.29, 1.82) is 0 Å². The van der Waals surface area contributed by atoms with Gasteiger partial charge >= 0.3 is 6.18 Å². The highest BCUT2D eigenvalue weighted by Crippen LogP contribution is 2.35. The highest BCUT2D eigenvalue weighted by atomic mass is 19.4. The van der Waals surface area contributed by atoms with Gasteiger partial charge in [0.1, 0.15) is 0 Å². The van der Waals surface area contributed by atoms with E-state index in [-0.39, 0.29) is 12.0 Å². The fourth-order valence-electron chi connectivity index (χ4n) is 3.52. The molecule has 4 heteroatoms. The summed E-state index contributed by atoms with van der Waals surface area (Å²) in [5.74, 6) is -0.266. The van der Waals surface area contributed by atoms with Crippen molar-refractivity contribution in [3.63, 3.8) is 0 Å². The number of hydrogen-bond acceptors (Lipinski definition) is 1. The van der Waals surface area contributed by atoms with Crippen LogP contribution in [0.4, 0.5) is 13.2 Å². The molecule has 3 rings (SSSR count). The second kappa shape index (κ2) is 5.92. The highest BCUT2D eigenvalue weighted by Gasteiger charge is 2.36. The molecule has 118 valence electrons. The molecule has 0 N–H and O–H groups in total. The van der Waals surface area contributed by atoms with Crippen LogP contribution in [0.25, 0.3) is 10.8 Å². The lowest BCUT2D eigenvalue weighted by atomic mass is 9.99. The first-order valence-corrected chi connectivity index (χ1v) is 7.72. The summed E-state index contributed by atoms with van der Waals surface area (Å²) >= 11 is 0. The Labute approximate surface area is 128 Å². The second-order valence-corrected chi connectivity index (χ2v) is 6.21. The van der Waals surface area contributed by atoms with Crippen molar-refractivity contribution in [2.24, 2.45) is 5.92 Å². The largest absolute Gasteiger partial charge is 0.389 e. The smallest absolute Gasteiger partial charge is 0.296 e. The zero-order chi connectivity index (χ0) is 15.7.